The number of rotatable bonds is 12. The molecule has 4 N–H and O–H groups in total. The minimum atomic E-state index is -1.22. The first-order valence-electron chi connectivity index (χ1n) is 14.2. The number of hydrogen-bond acceptors (Lipinski definition) is 4. The number of aryl methyl sites for hydroxylation is 1. The summed E-state index contributed by atoms with van der Waals surface area (Å²) in [5.41, 5.74) is 4.98. The van der Waals surface area contributed by atoms with Crippen molar-refractivity contribution in [3.05, 3.63) is 101 Å². The molecule has 0 spiro atoms. The van der Waals surface area contributed by atoms with E-state index in [4.69, 9.17) is 5.11 Å². The maximum Gasteiger partial charge on any atom is 1.00 e. The van der Waals surface area contributed by atoms with Crippen LogP contribution in [-0.4, -0.2) is 44.0 Å². The van der Waals surface area contributed by atoms with E-state index >= 15 is 0 Å². The minimum Gasteiger partial charge on any atom is -1.00 e. The topological polar surface area (TPSA) is 112 Å². The second-order valence-electron chi connectivity index (χ2n) is 11.0. The molecule has 3 aromatic carbocycles. The van der Waals surface area contributed by atoms with Crippen molar-refractivity contribution in [1.29, 1.82) is 0 Å². The Balaban J connectivity index is 0.00000353. The predicted molar refractivity (Wildman–Crippen MR) is 163 cm³/mol. The number of hydrogen-bond donors (Lipinski definition) is 4. The van der Waals surface area contributed by atoms with E-state index in [1.165, 1.54) is 24.3 Å². The Bertz CT molecular complexity index is 1580. The molecule has 0 saturated carbocycles. The summed E-state index contributed by atoms with van der Waals surface area (Å²) in [4.78, 5) is 25.1. The molecule has 0 unspecified atom stereocenters. The second-order valence-corrected chi connectivity index (χ2v) is 11.0. The number of nitrogens with zero attached hydrogens (tertiary/aromatic N) is 1. The van der Waals surface area contributed by atoms with Gasteiger partial charge in [0.25, 0.3) is 5.91 Å². The second kappa shape index (κ2) is 15.6. The molecule has 0 aliphatic carbocycles. The van der Waals surface area contributed by atoms with E-state index in [-0.39, 0.29) is 56.3 Å². The van der Waals surface area contributed by atoms with Gasteiger partial charge in [0.05, 0.1) is 18.6 Å². The fraction of sp³-hybridized carbons (Fsp3) is 0.294. The van der Waals surface area contributed by atoms with Crippen molar-refractivity contribution < 1.29 is 64.7 Å². The molecule has 0 aliphatic heterocycles. The molecule has 4 aromatic rings. The van der Waals surface area contributed by atoms with Gasteiger partial charge in [0, 0.05) is 28.6 Å². The molecule has 7 nitrogen and oxygen atoms in total. The van der Waals surface area contributed by atoms with Crippen LogP contribution >= 0.6 is 0 Å². The molecule has 0 aliphatic rings. The Labute approximate surface area is 279 Å². The van der Waals surface area contributed by atoms with Crippen molar-refractivity contribution in [1.82, 2.24) is 4.57 Å². The van der Waals surface area contributed by atoms with Gasteiger partial charge < -0.3 is 26.6 Å². The Morgan fingerprint density at radius 1 is 0.841 bits per heavy atom. The number of carboxylic acids is 1. The largest absolute Gasteiger partial charge is 1.00 e. The summed E-state index contributed by atoms with van der Waals surface area (Å²) < 4.78 is 30.0. The van der Waals surface area contributed by atoms with Crippen LogP contribution in [0.2, 0.25) is 0 Å². The van der Waals surface area contributed by atoms with Crippen LogP contribution in [0.15, 0.2) is 72.8 Å². The number of carboxylic acid groups (broad SMARTS) is 1. The molecule has 0 radical (unpaired) electrons. The van der Waals surface area contributed by atoms with Gasteiger partial charge in [0.2, 0.25) is 0 Å². The molecule has 4 rings (SSSR count). The maximum atomic E-state index is 14.1. The van der Waals surface area contributed by atoms with Gasteiger partial charge in [-0.05, 0) is 87.6 Å². The van der Waals surface area contributed by atoms with Gasteiger partial charge in [-0.1, -0.05) is 42.0 Å². The zero-order valence-corrected chi connectivity index (χ0v) is 27.3. The fourth-order valence-electron chi connectivity index (χ4n) is 5.35. The Hall–Kier alpha value is -3.34. The standard InChI is InChI=1S/C34H36F2N2O5.Na.H/c1-20(2)38-29(17-16-27(39)18-28(40)19-30(41)42)31(22-6-10-24(35)11-7-22)32(23-8-12-25(36)13-9-23)33(38)34(43)37-26-14-4-21(3)5-15-26;;/h4-15,20,27-28,39-40H,16-19H2,1-3H3,(H,37,43)(H,41,42);;/q;+1;-1/t27-,28-;;/m1../s1. The fourth-order valence-corrected chi connectivity index (χ4v) is 5.35. The number of anilines is 1. The SMILES string of the molecule is Cc1ccc(NC(=O)c2c(-c3ccc(F)cc3)c(-c3ccc(F)cc3)c(CC[C@@H](O)C[C@@H](O)CC(=O)O)n2C(C)C)cc1.[H-].[Na+]. The number of nitrogens with one attached hydrogen (secondary N) is 1. The molecule has 44 heavy (non-hydrogen) atoms. The molecule has 10 heteroatoms. The van der Waals surface area contributed by atoms with Crippen LogP contribution in [0.5, 0.6) is 0 Å². The van der Waals surface area contributed by atoms with Crippen molar-refractivity contribution in [2.75, 3.05) is 5.32 Å². The van der Waals surface area contributed by atoms with E-state index in [1.807, 2.05) is 37.5 Å². The monoisotopic (exact) mass is 614 g/mol. The number of carbonyl (C=O) groups is 2. The van der Waals surface area contributed by atoms with E-state index in [9.17, 15) is 28.6 Å². The summed E-state index contributed by atoms with van der Waals surface area (Å²) in [6.45, 7) is 5.78. The third-order valence-electron chi connectivity index (χ3n) is 7.28. The Morgan fingerprint density at radius 3 is 1.86 bits per heavy atom. The number of aliphatic carboxylic acids is 1. The zero-order valence-electron chi connectivity index (χ0n) is 26.3. The molecule has 0 bridgehead atoms. The van der Waals surface area contributed by atoms with Crippen molar-refractivity contribution in [2.24, 2.45) is 0 Å². The number of benzene rings is 3. The molecule has 1 amide bonds. The van der Waals surface area contributed by atoms with E-state index in [0.717, 1.165) is 5.56 Å². The molecule has 1 heterocycles. The van der Waals surface area contributed by atoms with E-state index in [0.29, 0.717) is 39.3 Å². The molecule has 0 saturated heterocycles. The van der Waals surface area contributed by atoms with Gasteiger partial charge in [-0.3, -0.25) is 9.59 Å². The number of amides is 1. The van der Waals surface area contributed by atoms with Crippen LogP contribution in [0.4, 0.5) is 14.5 Å². The average molecular weight is 615 g/mol. The molecular weight excluding hydrogens is 577 g/mol. The summed E-state index contributed by atoms with van der Waals surface area (Å²) >= 11 is 0. The van der Waals surface area contributed by atoms with Gasteiger partial charge in [-0.2, -0.15) is 0 Å². The zero-order chi connectivity index (χ0) is 31.3. The first-order valence-corrected chi connectivity index (χ1v) is 14.2. The van der Waals surface area contributed by atoms with Gasteiger partial charge in [-0.15, -0.1) is 0 Å². The molecular formula is C34H37F2N2NaO5. The summed E-state index contributed by atoms with van der Waals surface area (Å²) in [6, 6.07) is 18.8. The summed E-state index contributed by atoms with van der Waals surface area (Å²) in [7, 11) is 0. The van der Waals surface area contributed by atoms with Crippen molar-refractivity contribution in [3.63, 3.8) is 0 Å². The minimum absolute atomic E-state index is 0. The van der Waals surface area contributed by atoms with E-state index < -0.39 is 42.1 Å². The van der Waals surface area contributed by atoms with E-state index in [1.54, 1.807) is 36.4 Å². The van der Waals surface area contributed by atoms with Crippen molar-refractivity contribution >= 4 is 17.6 Å². The number of halogens is 2. The molecule has 228 valence electrons. The molecule has 0 fully saturated rings. The number of aliphatic hydroxyl groups excluding tert-OH is 2. The normalized spacial score (nSPS) is 12.5. The van der Waals surface area contributed by atoms with E-state index in [2.05, 4.69) is 5.32 Å². The van der Waals surface area contributed by atoms with Crippen LogP contribution in [0, 0.1) is 18.6 Å². The van der Waals surface area contributed by atoms with Crippen LogP contribution in [0.3, 0.4) is 0 Å². The molecule has 1 aromatic heterocycles. The first kappa shape index (κ1) is 35.1. The smallest absolute Gasteiger partial charge is 1.00 e. The number of aliphatic hydroxyl groups is 2. The Kier molecular flexibility index (Phi) is 12.5. The third-order valence-corrected chi connectivity index (χ3v) is 7.28. The van der Waals surface area contributed by atoms with Crippen LogP contribution in [0.1, 0.15) is 62.3 Å². The predicted octanol–water partition coefficient (Wildman–Crippen LogP) is 3.88. The summed E-state index contributed by atoms with van der Waals surface area (Å²) in [6.07, 6.45) is -2.46. The van der Waals surface area contributed by atoms with Crippen molar-refractivity contribution in [3.8, 4) is 22.3 Å². The third kappa shape index (κ3) is 8.64. The quantitative estimate of drug-likeness (QED) is 0.181. The summed E-state index contributed by atoms with van der Waals surface area (Å²) in [5.74, 6) is -2.44. The Morgan fingerprint density at radius 2 is 1.36 bits per heavy atom. The summed E-state index contributed by atoms with van der Waals surface area (Å²) in [5, 5.41) is 32.8. The van der Waals surface area contributed by atoms with Gasteiger partial charge in [0.15, 0.2) is 0 Å². The maximum absolute atomic E-state index is 14.1. The van der Waals surface area contributed by atoms with Gasteiger partial charge in [-0.25, -0.2) is 8.78 Å². The van der Waals surface area contributed by atoms with Gasteiger partial charge >= 0.3 is 35.5 Å². The average Bonchev–Trinajstić information content (AvgIpc) is 3.29. The molecule has 2 atom stereocenters. The first-order chi connectivity index (χ1) is 20.4. The van der Waals surface area contributed by atoms with Gasteiger partial charge in [0.1, 0.15) is 17.3 Å². The van der Waals surface area contributed by atoms with Crippen LogP contribution in [-0.2, 0) is 11.2 Å². The number of aromatic nitrogens is 1. The van der Waals surface area contributed by atoms with Crippen molar-refractivity contribution in [2.45, 2.75) is 64.7 Å². The van der Waals surface area contributed by atoms with Crippen LogP contribution in [0.25, 0.3) is 22.3 Å². The number of carbonyl (C=O) groups excluding carboxylic acids is 1. The van der Waals surface area contributed by atoms with Crippen LogP contribution < -0.4 is 34.9 Å².